The van der Waals surface area contributed by atoms with Crippen molar-refractivity contribution in [2.45, 2.75) is 13.8 Å². The molecule has 0 radical (unpaired) electrons. The van der Waals surface area contributed by atoms with Gasteiger partial charge in [0, 0.05) is 31.8 Å². The van der Waals surface area contributed by atoms with Gasteiger partial charge in [-0.1, -0.05) is 18.2 Å². The predicted molar refractivity (Wildman–Crippen MR) is 116 cm³/mol. The van der Waals surface area contributed by atoms with Crippen molar-refractivity contribution in [3.05, 3.63) is 84.3 Å². The van der Waals surface area contributed by atoms with Crippen molar-refractivity contribution in [2.75, 3.05) is 0 Å². The van der Waals surface area contributed by atoms with Crippen LogP contribution in [0.15, 0.2) is 52.3 Å². The van der Waals surface area contributed by atoms with E-state index in [1.165, 1.54) is 11.6 Å². The maximum atomic E-state index is 12.8. The molecule has 1 aromatic heterocycles. The number of rotatable bonds is 5. The average molecular weight is 438 g/mol. The Balaban J connectivity index is 0.00000114. The number of para-hydroxylation sites is 1. The van der Waals surface area contributed by atoms with Crippen LogP contribution in [0.2, 0.25) is 0 Å². The molecule has 0 unspecified atom stereocenters. The van der Waals surface area contributed by atoms with Crippen molar-refractivity contribution in [1.29, 1.82) is 5.26 Å². The highest BCUT2D eigenvalue weighted by molar-refractivity contribution is 5.88. The first kappa shape index (κ1) is 23.5. The molecule has 0 saturated heterocycles. The van der Waals surface area contributed by atoms with Crippen molar-refractivity contribution < 1.29 is 15.0 Å². The molecule has 32 heavy (non-hydrogen) atoms. The number of aromatic hydroxyl groups is 1. The molecule has 0 fully saturated rings. The van der Waals surface area contributed by atoms with E-state index in [4.69, 9.17) is 5.26 Å². The van der Waals surface area contributed by atoms with Gasteiger partial charge in [-0.05, 0) is 19.1 Å². The Bertz CT molecular complexity index is 1300. The number of nitro groups is 2. The molecule has 3 aromatic rings. The first-order valence-corrected chi connectivity index (χ1v) is 8.98. The Morgan fingerprint density at radius 3 is 2.28 bits per heavy atom. The number of phenolic OH excluding ortho intramolecular Hbond substituents is 1. The molecule has 0 aliphatic carbocycles. The summed E-state index contributed by atoms with van der Waals surface area (Å²) >= 11 is 0. The van der Waals surface area contributed by atoms with Crippen LogP contribution in [-0.2, 0) is 7.05 Å². The van der Waals surface area contributed by atoms with Gasteiger partial charge in [0.25, 0.3) is 11.2 Å². The van der Waals surface area contributed by atoms with Gasteiger partial charge in [-0.25, -0.2) is 9.67 Å². The van der Waals surface area contributed by atoms with Crippen LogP contribution >= 0.6 is 0 Å². The SMILES string of the molecule is CC#N.Cc1c(N=Cc2cc([N+](=O)[O-])cc([N+](=O)[O-])c2O)c(=O)n(-c2ccccc2)n1C. The largest absolute Gasteiger partial charge is 0.502 e. The number of nitriles is 1. The standard InChI is InChI=1S/C18H15N5O6.C2H3N/c1-11-16(18(25)21(20(11)2)13-6-4-3-5-7-13)19-10-12-8-14(22(26)27)9-15(17(12)24)23(28)29;1-2-3/h3-10,24H,1-2H3;1H3. The number of phenols is 1. The molecule has 12 heteroatoms. The number of aliphatic imine (C=N–C) groups is 1. The zero-order valence-electron chi connectivity index (χ0n) is 17.3. The van der Waals surface area contributed by atoms with Crippen LogP contribution < -0.4 is 5.56 Å². The van der Waals surface area contributed by atoms with Gasteiger partial charge in [0.05, 0.1) is 33.4 Å². The van der Waals surface area contributed by atoms with Crippen molar-refractivity contribution >= 4 is 23.3 Å². The minimum Gasteiger partial charge on any atom is -0.502 e. The maximum Gasteiger partial charge on any atom is 0.318 e. The van der Waals surface area contributed by atoms with Crippen molar-refractivity contribution in [3.8, 4) is 17.5 Å². The highest BCUT2D eigenvalue weighted by Gasteiger charge is 2.23. The monoisotopic (exact) mass is 438 g/mol. The molecule has 1 N–H and O–H groups in total. The summed E-state index contributed by atoms with van der Waals surface area (Å²) in [6, 6.07) is 12.2. The highest BCUT2D eigenvalue weighted by Crippen LogP contribution is 2.33. The molecule has 0 spiro atoms. The Morgan fingerprint density at radius 2 is 1.75 bits per heavy atom. The van der Waals surface area contributed by atoms with Crippen molar-refractivity contribution in [1.82, 2.24) is 9.36 Å². The van der Waals surface area contributed by atoms with Gasteiger partial charge >= 0.3 is 5.69 Å². The van der Waals surface area contributed by atoms with Crippen LogP contribution in [0.1, 0.15) is 18.2 Å². The van der Waals surface area contributed by atoms with Crippen LogP contribution in [0.25, 0.3) is 5.69 Å². The minimum absolute atomic E-state index is 0.0323. The Kier molecular flexibility index (Phi) is 7.20. The second kappa shape index (κ2) is 9.81. The lowest BCUT2D eigenvalue weighted by Gasteiger charge is -2.07. The van der Waals surface area contributed by atoms with Gasteiger partial charge in [-0.2, -0.15) is 5.26 Å². The zero-order valence-corrected chi connectivity index (χ0v) is 17.3. The van der Waals surface area contributed by atoms with E-state index in [1.807, 2.05) is 0 Å². The third kappa shape index (κ3) is 4.68. The molecule has 0 saturated carbocycles. The van der Waals surface area contributed by atoms with Crippen molar-refractivity contribution in [3.63, 3.8) is 0 Å². The number of benzene rings is 2. The van der Waals surface area contributed by atoms with Gasteiger partial charge in [-0.15, -0.1) is 0 Å². The maximum absolute atomic E-state index is 12.8. The summed E-state index contributed by atoms with van der Waals surface area (Å²) in [6.45, 7) is 3.09. The third-order valence-corrected chi connectivity index (χ3v) is 4.37. The van der Waals surface area contributed by atoms with E-state index in [0.717, 1.165) is 12.3 Å². The number of hydrogen-bond acceptors (Lipinski definition) is 8. The Morgan fingerprint density at radius 1 is 1.16 bits per heavy atom. The van der Waals surface area contributed by atoms with Crippen LogP contribution in [0.4, 0.5) is 17.1 Å². The fourth-order valence-corrected chi connectivity index (χ4v) is 2.81. The summed E-state index contributed by atoms with van der Waals surface area (Å²) in [6.07, 6.45) is 0.994. The van der Waals surface area contributed by atoms with E-state index in [1.54, 1.807) is 55.1 Å². The van der Waals surface area contributed by atoms with E-state index in [2.05, 4.69) is 4.99 Å². The van der Waals surface area contributed by atoms with Gasteiger partial charge in [-0.3, -0.25) is 29.7 Å². The molecule has 1 heterocycles. The van der Waals surface area contributed by atoms with E-state index < -0.39 is 32.5 Å². The van der Waals surface area contributed by atoms with Crippen LogP contribution in [0.3, 0.4) is 0 Å². The first-order valence-electron chi connectivity index (χ1n) is 8.98. The Hall–Kier alpha value is -4.79. The van der Waals surface area contributed by atoms with Gasteiger partial charge < -0.3 is 5.11 Å². The summed E-state index contributed by atoms with van der Waals surface area (Å²) in [5.41, 5.74) is -0.973. The number of aromatic nitrogens is 2. The normalized spacial score (nSPS) is 10.3. The summed E-state index contributed by atoms with van der Waals surface area (Å²) < 4.78 is 2.97. The second-order valence-corrected chi connectivity index (χ2v) is 6.31. The number of non-ortho nitro benzene ring substituents is 1. The average Bonchev–Trinajstić information content (AvgIpc) is 2.96. The fraction of sp³-hybridized carbons (Fsp3) is 0.150. The molecule has 0 aliphatic rings. The minimum atomic E-state index is -0.935. The number of nitrogens with zero attached hydrogens (tertiary/aromatic N) is 6. The molecule has 3 rings (SSSR count). The lowest BCUT2D eigenvalue weighted by molar-refractivity contribution is -0.394. The lowest BCUT2D eigenvalue weighted by Crippen LogP contribution is -2.19. The first-order chi connectivity index (χ1) is 15.1. The van der Waals surface area contributed by atoms with E-state index in [9.17, 15) is 30.1 Å². The van der Waals surface area contributed by atoms with Crippen LogP contribution in [0.5, 0.6) is 5.75 Å². The summed E-state index contributed by atoms with van der Waals surface area (Å²) in [7, 11) is 1.67. The fourth-order valence-electron chi connectivity index (χ4n) is 2.81. The highest BCUT2D eigenvalue weighted by atomic mass is 16.6. The second-order valence-electron chi connectivity index (χ2n) is 6.31. The molecule has 0 amide bonds. The predicted octanol–water partition coefficient (Wildman–Crippen LogP) is 3.29. The summed E-state index contributed by atoms with van der Waals surface area (Å²) in [5.74, 6) is -0.777. The van der Waals surface area contributed by atoms with Gasteiger partial charge in [0.2, 0.25) is 5.75 Å². The molecule has 12 nitrogen and oxygen atoms in total. The van der Waals surface area contributed by atoms with Crippen molar-refractivity contribution in [2.24, 2.45) is 12.0 Å². The lowest BCUT2D eigenvalue weighted by atomic mass is 10.1. The van der Waals surface area contributed by atoms with Gasteiger partial charge in [0.1, 0.15) is 0 Å². The van der Waals surface area contributed by atoms with E-state index in [-0.39, 0.29) is 11.3 Å². The third-order valence-electron chi connectivity index (χ3n) is 4.37. The summed E-state index contributed by atoms with van der Waals surface area (Å²) in [4.78, 5) is 37.2. The molecular formula is C20H18N6O6. The topological polar surface area (TPSA) is 170 Å². The quantitative estimate of drug-likeness (QED) is 0.362. The summed E-state index contributed by atoms with van der Waals surface area (Å²) in [5, 5.41) is 39.5. The molecule has 0 atom stereocenters. The van der Waals surface area contributed by atoms with E-state index in [0.29, 0.717) is 17.4 Å². The zero-order chi connectivity index (χ0) is 24.0. The number of hydrogen-bond donors (Lipinski definition) is 1. The molecule has 0 bridgehead atoms. The molecule has 164 valence electrons. The van der Waals surface area contributed by atoms with Crippen LogP contribution in [-0.4, -0.2) is 30.5 Å². The number of nitro benzene ring substituents is 2. The smallest absolute Gasteiger partial charge is 0.318 e. The molecular weight excluding hydrogens is 420 g/mol. The van der Waals surface area contributed by atoms with Crippen LogP contribution in [0, 0.1) is 38.5 Å². The van der Waals surface area contributed by atoms with E-state index >= 15 is 0 Å². The molecule has 0 aliphatic heterocycles. The molecule has 2 aromatic carbocycles. The Labute approximate surface area is 181 Å². The van der Waals surface area contributed by atoms with Gasteiger partial charge in [0.15, 0.2) is 5.69 Å².